The molecule has 0 aliphatic rings. The van der Waals surface area contributed by atoms with E-state index in [9.17, 15) is 5.11 Å². The molecule has 0 bridgehead atoms. The van der Waals surface area contributed by atoms with E-state index in [2.05, 4.69) is 6.92 Å². The van der Waals surface area contributed by atoms with Gasteiger partial charge in [-0.2, -0.15) is 0 Å². The van der Waals surface area contributed by atoms with Crippen LogP contribution in [0, 0.1) is 12.3 Å². The lowest BCUT2D eigenvalue weighted by Crippen LogP contribution is -2.14. The van der Waals surface area contributed by atoms with Crippen molar-refractivity contribution in [1.29, 1.82) is 5.41 Å². The maximum absolute atomic E-state index is 10.5. The van der Waals surface area contributed by atoms with Crippen molar-refractivity contribution in [2.24, 2.45) is 0 Å². The van der Waals surface area contributed by atoms with Crippen molar-refractivity contribution in [2.45, 2.75) is 116 Å². The van der Waals surface area contributed by atoms with Gasteiger partial charge in [0.25, 0.3) is 0 Å². The minimum Gasteiger partial charge on any atom is -0.862 e. The number of hydrogen-bond donors (Lipinski definition) is 1. The number of hydrogen-bond acceptors (Lipinski definition) is 2. The van der Waals surface area contributed by atoms with Crippen molar-refractivity contribution in [3.8, 4) is 0 Å². The van der Waals surface area contributed by atoms with E-state index in [4.69, 9.17) is 5.41 Å². The third kappa shape index (κ3) is 19.3. The molecule has 0 heterocycles. The molecule has 2 nitrogen and oxygen atoms in total. The molecule has 0 rings (SSSR count). The second-order valence-corrected chi connectivity index (χ2v) is 6.68. The maximum atomic E-state index is 10.5. The summed E-state index contributed by atoms with van der Waals surface area (Å²) in [6, 6.07) is 0. The van der Waals surface area contributed by atoms with Crippen LogP contribution in [0.2, 0.25) is 0 Å². The third-order valence-electron chi connectivity index (χ3n) is 4.40. The molecule has 0 aromatic carbocycles. The van der Waals surface area contributed by atoms with E-state index >= 15 is 0 Å². The van der Waals surface area contributed by atoms with Gasteiger partial charge in [-0.3, -0.25) is 0 Å². The summed E-state index contributed by atoms with van der Waals surface area (Å²) in [6.07, 6.45) is 22.9. The molecule has 0 aliphatic heterocycles. The van der Waals surface area contributed by atoms with E-state index in [-0.39, 0.29) is 0 Å². The summed E-state index contributed by atoms with van der Waals surface area (Å²) < 4.78 is 0. The predicted molar refractivity (Wildman–Crippen MR) is 96.2 cm³/mol. The van der Waals surface area contributed by atoms with Gasteiger partial charge in [0.2, 0.25) is 0 Å². The van der Waals surface area contributed by atoms with Crippen LogP contribution in [0.5, 0.6) is 0 Å². The molecule has 2 heteroatoms. The molecule has 0 saturated carbocycles. The molecule has 0 radical (unpaired) electrons. The highest BCUT2D eigenvalue weighted by molar-refractivity contribution is 5.67. The van der Waals surface area contributed by atoms with Crippen molar-refractivity contribution < 1.29 is 5.11 Å². The Bertz CT molecular complexity index is 228. The molecule has 1 N–H and O–H groups in total. The molecule has 0 spiro atoms. The van der Waals surface area contributed by atoms with Crippen LogP contribution in [0.3, 0.4) is 0 Å². The Morgan fingerprint density at radius 1 is 0.545 bits per heavy atom. The van der Waals surface area contributed by atoms with Gasteiger partial charge >= 0.3 is 0 Å². The fourth-order valence-electron chi connectivity index (χ4n) is 2.94. The molecule has 0 amide bonds. The molecule has 130 valence electrons. The van der Waals surface area contributed by atoms with E-state index in [1.165, 1.54) is 89.9 Å². The van der Waals surface area contributed by atoms with E-state index in [1.807, 2.05) is 0 Å². The van der Waals surface area contributed by atoms with Gasteiger partial charge in [0.05, 0.1) is 13.3 Å². The minimum absolute atomic E-state index is 0.404. The molecular formula is C20H39NO. The summed E-state index contributed by atoms with van der Waals surface area (Å²) >= 11 is 0. The zero-order valence-electron chi connectivity index (χ0n) is 14.8. The van der Waals surface area contributed by atoms with Gasteiger partial charge in [-0.15, -0.1) is 0 Å². The molecular weight excluding hydrogens is 270 g/mol. The predicted octanol–water partition coefficient (Wildman–Crippen LogP) is 6.18. The van der Waals surface area contributed by atoms with Crippen LogP contribution in [-0.2, 0) is 0 Å². The fraction of sp³-hybridized carbons (Fsp3) is 0.900. The number of unbranched alkanes of at least 4 members (excludes halogenated alkanes) is 16. The highest BCUT2D eigenvalue weighted by Crippen LogP contribution is 2.14. The smallest absolute Gasteiger partial charge is 0.0850 e. The summed E-state index contributed by atoms with van der Waals surface area (Å²) in [4.78, 5) is 0. The van der Waals surface area contributed by atoms with Crippen molar-refractivity contribution in [3.05, 3.63) is 6.92 Å². The first kappa shape index (κ1) is 21.3. The quantitative estimate of drug-likeness (QED) is 0.140. The average Bonchev–Trinajstić information content (AvgIpc) is 2.50. The SMILES string of the molecule is [CH2+]CCCCCCCCCCCCCCCCCCC(=N)[O-]. The lowest BCUT2D eigenvalue weighted by molar-refractivity contribution is -0.220. The van der Waals surface area contributed by atoms with Crippen LogP contribution < -0.4 is 5.11 Å². The highest BCUT2D eigenvalue weighted by atomic mass is 16.3. The summed E-state index contributed by atoms with van der Waals surface area (Å²) in [5.41, 5.74) is 0. The van der Waals surface area contributed by atoms with Crippen molar-refractivity contribution in [2.75, 3.05) is 0 Å². The van der Waals surface area contributed by atoms with Gasteiger partial charge in [-0.25, -0.2) is 0 Å². The van der Waals surface area contributed by atoms with Gasteiger partial charge in [0.15, 0.2) is 0 Å². The molecule has 0 aliphatic carbocycles. The van der Waals surface area contributed by atoms with Crippen LogP contribution in [0.15, 0.2) is 0 Å². The second kappa shape index (κ2) is 18.4. The summed E-state index contributed by atoms with van der Waals surface area (Å²) in [5.74, 6) is -0.404. The molecule has 0 saturated heterocycles. The second-order valence-electron chi connectivity index (χ2n) is 6.68. The number of rotatable bonds is 18. The minimum atomic E-state index is -0.404. The molecule has 0 aromatic heterocycles. The largest absolute Gasteiger partial charge is 0.862 e. The molecule has 0 fully saturated rings. The lowest BCUT2D eigenvalue weighted by Gasteiger charge is -2.06. The summed E-state index contributed by atoms with van der Waals surface area (Å²) in [5, 5.41) is 17.3. The van der Waals surface area contributed by atoms with Crippen molar-refractivity contribution >= 4 is 5.90 Å². The first-order chi connectivity index (χ1) is 10.8. The standard InChI is InChI=1S/C20H39NO/c1-2-3-4-5-6-7-8-9-10-11-12-13-14-15-16-17-18-19-20(21)22/h1-19H2,(H-,21,22). The van der Waals surface area contributed by atoms with E-state index in [1.54, 1.807) is 0 Å². The van der Waals surface area contributed by atoms with E-state index < -0.39 is 5.90 Å². The molecule has 0 unspecified atom stereocenters. The van der Waals surface area contributed by atoms with Crippen LogP contribution in [0.4, 0.5) is 0 Å². The maximum Gasteiger partial charge on any atom is 0.0850 e. The Hall–Kier alpha value is -0.660. The van der Waals surface area contributed by atoms with Crippen LogP contribution in [0.1, 0.15) is 116 Å². The van der Waals surface area contributed by atoms with Crippen LogP contribution >= 0.6 is 0 Å². The number of nitrogens with one attached hydrogen (secondary N) is 1. The zero-order chi connectivity index (χ0) is 16.3. The first-order valence-electron chi connectivity index (χ1n) is 9.81. The van der Waals surface area contributed by atoms with Crippen LogP contribution in [0.25, 0.3) is 0 Å². The highest BCUT2D eigenvalue weighted by Gasteiger charge is 1.95. The third-order valence-corrected chi connectivity index (χ3v) is 4.40. The first-order valence-corrected chi connectivity index (χ1v) is 9.81. The lowest BCUT2D eigenvalue weighted by atomic mass is 10.0. The van der Waals surface area contributed by atoms with E-state index in [0.29, 0.717) is 6.42 Å². The Balaban J connectivity index is 2.95. The zero-order valence-corrected chi connectivity index (χ0v) is 14.8. The van der Waals surface area contributed by atoms with E-state index in [0.717, 1.165) is 19.3 Å². The summed E-state index contributed by atoms with van der Waals surface area (Å²) in [6.45, 7) is 3.88. The van der Waals surface area contributed by atoms with Gasteiger partial charge in [-0.1, -0.05) is 83.5 Å². The Labute approximate surface area is 139 Å². The van der Waals surface area contributed by atoms with Crippen molar-refractivity contribution in [3.63, 3.8) is 0 Å². The Kier molecular flexibility index (Phi) is 17.8. The van der Waals surface area contributed by atoms with Gasteiger partial charge in [-0.05, 0) is 31.6 Å². The monoisotopic (exact) mass is 309 g/mol. The molecule has 22 heavy (non-hydrogen) atoms. The fourth-order valence-corrected chi connectivity index (χ4v) is 2.94. The van der Waals surface area contributed by atoms with Gasteiger partial charge in [0.1, 0.15) is 0 Å². The Morgan fingerprint density at radius 2 is 0.818 bits per heavy atom. The van der Waals surface area contributed by atoms with Crippen molar-refractivity contribution in [1.82, 2.24) is 0 Å². The van der Waals surface area contributed by atoms with Gasteiger partial charge in [0, 0.05) is 0 Å². The summed E-state index contributed by atoms with van der Waals surface area (Å²) in [7, 11) is 0. The molecule has 0 aromatic rings. The molecule has 0 atom stereocenters. The Morgan fingerprint density at radius 3 is 1.09 bits per heavy atom. The topological polar surface area (TPSA) is 46.9 Å². The normalized spacial score (nSPS) is 10.9. The van der Waals surface area contributed by atoms with Crippen LogP contribution in [-0.4, -0.2) is 5.90 Å². The van der Waals surface area contributed by atoms with Gasteiger partial charge < -0.3 is 10.5 Å². The average molecular weight is 310 g/mol.